The van der Waals surface area contributed by atoms with Gasteiger partial charge in [-0.15, -0.1) is 0 Å². The lowest BCUT2D eigenvalue weighted by Crippen LogP contribution is -2.41. The predicted molar refractivity (Wildman–Crippen MR) is 123 cm³/mol. The number of aromatic nitrogens is 2. The molecule has 0 saturated carbocycles. The van der Waals surface area contributed by atoms with E-state index >= 15 is 0 Å². The van der Waals surface area contributed by atoms with E-state index in [0.717, 1.165) is 17.0 Å². The number of carboxylic acid groups (broad SMARTS) is 1. The highest BCUT2D eigenvalue weighted by Crippen LogP contribution is 2.25. The molecule has 0 radical (unpaired) electrons. The van der Waals surface area contributed by atoms with E-state index in [-0.39, 0.29) is 11.7 Å². The van der Waals surface area contributed by atoms with Crippen LogP contribution < -0.4 is 5.32 Å². The number of nitrogens with zero attached hydrogens (tertiary/aromatic N) is 1. The van der Waals surface area contributed by atoms with Gasteiger partial charge < -0.3 is 15.4 Å². The summed E-state index contributed by atoms with van der Waals surface area (Å²) < 4.78 is 13.4. The monoisotopic (exact) mass is 455 g/mol. The molecule has 3 rings (SSSR count). The Labute approximate surface area is 190 Å². The molecule has 0 aliphatic rings. The zero-order valence-corrected chi connectivity index (χ0v) is 18.6. The molecule has 2 aromatic carbocycles. The van der Waals surface area contributed by atoms with Crippen LogP contribution in [0.4, 0.5) is 4.39 Å². The molecule has 6 nitrogen and oxygen atoms in total. The average molecular weight is 456 g/mol. The van der Waals surface area contributed by atoms with Gasteiger partial charge in [-0.05, 0) is 66.2 Å². The van der Waals surface area contributed by atoms with E-state index in [2.05, 4.69) is 15.3 Å². The summed E-state index contributed by atoms with van der Waals surface area (Å²) in [6.07, 6.45) is 6.95. The van der Waals surface area contributed by atoms with Gasteiger partial charge in [0.2, 0.25) is 0 Å². The van der Waals surface area contributed by atoms with Gasteiger partial charge in [0.1, 0.15) is 17.7 Å². The number of carboxylic acids is 1. The number of hydrogen-bond donors (Lipinski definition) is 3. The minimum Gasteiger partial charge on any atom is -0.480 e. The molecule has 1 aromatic heterocycles. The van der Waals surface area contributed by atoms with Gasteiger partial charge in [-0.2, -0.15) is 11.8 Å². The fourth-order valence-electron chi connectivity index (χ4n) is 3.54. The van der Waals surface area contributed by atoms with Crippen molar-refractivity contribution in [1.82, 2.24) is 15.3 Å². The van der Waals surface area contributed by atoms with Gasteiger partial charge in [-0.3, -0.25) is 4.79 Å². The molecule has 8 heteroatoms. The van der Waals surface area contributed by atoms with Crippen molar-refractivity contribution in [2.75, 3.05) is 12.0 Å². The molecule has 2 atom stereocenters. The van der Waals surface area contributed by atoms with Crippen molar-refractivity contribution in [3.05, 3.63) is 89.3 Å². The molecule has 168 valence electrons. The van der Waals surface area contributed by atoms with Crippen LogP contribution in [-0.4, -0.2) is 45.0 Å². The second-order valence-corrected chi connectivity index (χ2v) is 8.52. The van der Waals surface area contributed by atoms with Crippen molar-refractivity contribution < 1.29 is 19.1 Å². The molecular formula is C24H26FN3O3S. The standard InChI is InChI=1S/C24H26FN3O3S/c1-32-12-9-21(24(30)31)28-23(29)18-4-2-3-16(13-18)14-19(15-22-26-10-11-27-22)17-5-7-20(25)8-6-17/h2-8,10-11,13,19,21H,9,12,14-15H2,1H3,(H,26,27)(H,28,29)(H,30,31)/t19?,21-/m0/s1. The number of H-pyrrole nitrogens is 1. The van der Waals surface area contributed by atoms with E-state index in [9.17, 15) is 19.1 Å². The Morgan fingerprint density at radius 3 is 2.62 bits per heavy atom. The van der Waals surface area contributed by atoms with Gasteiger partial charge in [-0.1, -0.05) is 24.3 Å². The quantitative estimate of drug-likeness (QED) is 0.405. The lowest BCUT2D eigenvalue weighted by atomic mass is 9.88. The first-order valence-electron chi connectivity index (χ1n) is 10.3. The lowest BCUT2D eigenvalue weighted by molar-refractivity contribution is -0.139. The van der Waals surface area contributed by atoms with Crippen LogP contribution in [0.2, 0.25) is 0 Å². The van der Waals surface area contributed by atoms with Gasteiger partial charge in [0.15, 0.2) is 0 Å². The van der Waals surface area contributed by atoms with Gasteiger partial charge in [-0.25, -0.2) is 14.2 Å². The normalized spacial score (nSPS) is 12.8. The van der Waals surface area contributed by atoms with Gasteiger partial charge in [0.25, 0.3) is 5.91 Å². The number of nitrogens with one attached hydrogen (secondary N) is 2. The predicted octanol–water partition coefficient (Wildman–Crippen LogP) is 4.05. The van der Waals surface area contributed by atoms with E-state index in [1.807, 2.05) is 12.3 Å². The Kier molecular flexibility index (Phi) is 8.44. The maximum absolute atomic E-state index is 13.4. The van der Waals surface area contributed by atoms with Crippen molar-refractivity contribution in [2.45, 2.75) is 31.2 Å². The van der Waals surface area contributed by atoms with Crippen molar-refractivity contribution in [3.63, 3.8) is 0 Å². The summed E-state index contributed by atoms with van der Waals surface area (Å²) in [5.41, 5.74) is 2.31. The van der Waals surface area contributed by atoms with Crippen molar-refractivity contribution in [1.29, 1.82) is 0 Å². The number of aromatic amines is 1. The Bertz CT molecular complexity index is 1030. The fourth-order valence-corrected chi connectivity index (χ4v) is 4.02. The maximum Gasteiger partial charge on any atom is 0.326 e. The van der Waals surface area contributed by atoms with Crippen LogP contribution in [0, 0.1) is 5.82 Å². The van der Waals surface area contributed by atoms with Gasteiger partial charge in [0, 0.05) is 24.4 Å². The van der Waals surface area contributed by atoms with Crippen LogP contribution in [0.25, 0.3) is 0 Å². The summed E-state index contributed by atoms with van der Waals surface area (Å²) in [5.74, 6) is -0.259. The smallest absolute Gasteiger partial charge is 0.326 e. The molecule has 0 saturated heterocycles. The summed E-state index contributed by atoms with van der Waals surface area (Å²) in [4.78, 5) is 31.6. The van der Waals surface area contributed by atoms with Crippen LogP contribution in [-0.2, 0) is 17.6 Å². The molecule has 1 unspecified atom stereocenters. The van der Waals surface area contributed by atoms with Crippen molar-refractivity contribution in [2.24, 2.45) is 0 Å². The Morgan fingerprint density at radius 1 is 1.19 bits per heavy atom. The fraction of sp³-hybridized carbons (Fsp3) is 0.292. The van der Waals surface area contributed by atoms with Crippen LogP contribution >= 0.6 is 11.8 Å². The first-order valence-corrected chi connectivity index (χ1v) is 11.7. The summed E-state index contributed by atoms with van der Waals surface area (Å²) in [6.45, 7) is 0. The van der Waals surface area contributed by atoms with Gasteiger partial charge >= 0.3 is 5.97 Å². The number of hydrogen-bond acceptors (Lipinski definition) is 4. The lowest BCUT2D eigenvalue weighted by Gasteiger charge is -2.18. The second-order valence-electron chi connectivity index (χ2n) is 7.54. The Hall–Kier alpha value is -3.13. The van der Waals surface area contributed by atoms with E-state index in [4.69, 9.17) is 0 Å². The third-order valence-electron chi connectivity index (χ3n) is 5.22. The zero-order chi connectivity index (χ0) is 22.9. The number of amides is 1. The molecule has 0 fully saturated rings. The largest absolute Gasteiger partial charge is 0.480 e. The molecule has 0 bridgehead atoms. The number of aliphatic carboxylic acids is 1. The van der Waals surface area contributed by atoms with E-state index in [1.165, 1.54) is 23.9 Å². The van der Waals surface area contributed by atoms with Crippen molar-refractivity contribution in [3.8, 4) is 0 Å². The molecular weight excluding hydrogens is 429 g/mol. The molecule has 32 heavy (non-hydrogen) atoms. The van der Waals surface area contributed by atoms with E-state index in [0.29, 0.717) is 30.6 Å². The minimum atomic E-state index is -1.04. The second kappa shape index (κ2) is 11.5. The first kappa shape index (κ1) is 23.5. The topological polar surface area (TPSA) is 95.1 Å². The third-order valence-corrected chi connectivity index (χ3v) is 5.87. The number of imidazole rings is 1. The molecule has 1 heterocycles. The maximum atomic E-state index is 13.4. The molecule has 0 aliphatic heterocycles. The van der Waals surface area contributed by atoms with Crippen LogP contribution in [0.3, 0.4) is 0 Å². The Balaban J connectivity index is 1.77. The summed E-state index contributed by atoms with van der Waals surface area (Å²) in [6, 6.07) is 12.7. The van der Waals surface area contributed by atoms with E-state index < -0.39 is 17.9 Å². The SMILES string of the molecule is CSCC[C@H](NC(=O)c1cccc(CC(Cc2ncc[nH]2)c2ccc(F)cc2)c1)C(=O)O. The number of halogens is 1. The molecule has 0 spiro atoms. The Morgan fingerprint density at radius 2 is 1.97 bits per heavy atom. The first-order chi connectivity index (χ1) is 15.5. The van der Waals surface area contributed by atoms with Crippen LogP contribution in [0.1, 0.15) is 39.6 Å². The molecule has 3 aromatic rings. The minimum absolute atomic E-state index is 0.0217. The summed E-state index contributed by atoms with van der Waals surface area (Å²) >= 11 is 1.53. The third kappa shape index (κ3) is 6.68. The zero-order valence-electron chi connectivity index (χ0n) is 17.8. The number of thioether (sulfide) groups is 1. The number of benzene rings is 2. The summed E-state index contributed by atoms with van der Waals surface area (Å²) in [7, 11) is 0. The molecule has 3 N–H and O–H groups in total. The summed E-state index contributed by atoms with van der Waals surface area (Å²) in [5, 5.41) is 12.0. The molecule has 1 amide bonds. The van der Waals surface area contributed by atoms with Crippen molar-refractivity contribution >= 4 is 23.6 Å². The highest BCUT2D eigenvalue weighted by Gasteiger charge is 2.21. The highest BCUT2D eigenvalue weighted by molar-refractivity contribution is 7.98. The number of carbonyl (C=O) groups is 2. The van der Waals surface area contributed by atoms with E-state index in [1.54, 1.807) is 42.7 Å². The highest BCUT2D eigenvalue weighted by atomic mass is 32.2. The van der Waals surface area contributed by atoms with Crippen LogP contribution in [0.5, 0.6) is 0 Å². The number of rotatable bonds is 11. The van der Waals surface area contributed by atoms with Gasteiger partial charge in [0.05, 0.1) is 0 Å². The number of carbonyl (C=O) groups excluding carboxylic acids is 1. The molecule has 0 aliphatic carbocycles. The average Bonchev–Trinajstić information content (AvgIpc) is 3.30. The van der Waals surface area contributed by atoms with Crippen LogP contribution in [0.15, 0.2) is 60.9 Å².